The molecule has 2 aromatic rings. The van der Waals surface area contributed by atoms with Crippen molar-refractivity contribution in [3.8, 4) is 11.5 Å². The molecule has 6 nitrogen and oxygen atoms in total. The molecule has 0 bridgehead atoms. The number of aliphatic imine (C=N–C) groups is 1. The van der Waals surface area contributed by atoms with Gasteiger partial charge in [-0.05, 0) is 35.2 Å². The van der Waals surface area contributed by atoms with Crippen molar-refractivity contribution in [2.45, 2.75) is 25.7 Å². The maximum atomic E-state index is 12.2. The highest BCUT2D eigenvalue weighted by molar-refractivity contribution is 14.0. The molecule has 178 valence electrons. The summed E-state index contributed by atoms with van der Waals surface area (Å²) in [6.07, 6.45) is -3.57. The monoisotopic (exact) mass is 567 g/mol. The fraction of sp³-hybridized carbons (Fsp3) is 0.409. The third-order valence-corrected chi connectivity index (χ3v) is 4.36. The normalized spacial score (nSPS) is 11.5. The van der Waals surface area contributed by atoms with Crippen LogP contribution in [-0.4, -0.2) is 46.6 Å². The van der Waals surface area contributed by atoms with Crippen LogP contribution in [0.25, 0.3) is 0 Å². The first-order chi connectivity index (χ1) is 14.8. The number of hydrogen-bond donors (Lipinski definition) is 2. The molecule has 0 fully saturated rings. The molecular weight excluding hydrogens is 538 g/mol. The fourth-order valence-corrected chi connectivity index (χ4v) is 2.88. The van der Waals surface area contributed by atoms with Crippen molar-refractivity contribution in [2.24, 2.45) is 4.99 Å². The molecular formula is C22H29F3IN3O3. The van der Waals surface area contributed by atoms with E-state index in [4.69, 9.17) is 14.2 Å². The van der Waals surface area contributed by atoms with Gasteiger partial charge in [0.05, 0.1) is 20.8 Å². The van der Waals surface area contributed by atoms with Gasteiger partial charge in [-0.1, -0.05) is 30.3 Å². The van der Waals surface area contributed by atoms with Crippen molar-refractivity contribution >= 4 is 29.9 Å². The molecule has 10 heteroatoms. The minimum atomic E-state index is -4.33. The molecule has 2 aromatic carbocycles. The highest BCUT2D eigenvalue weighted by Crippen LogP contribution is 2.27. The Kier molecular flexibility index (Phi) is 12.2. The molecule has 2 N–H and O–H groups in total. The van der Waals surface area contributed by atoms with Crippen molar-refractivity contribution in [2.75, 3.05) is 34.4 Å². The van der Waals surface area contributed by atoms with Gasteiger partial charge in [0.25, 0.3) is 0 Å². The molecule has 0 aromatic heterocycles. The molecule has 0 aliphatic carbocycles. The van der Waals surface area contributed by atoms with Gasteiger partial charge in [-0.3, -0.25) is 4.99 Å². The van der Waals surface area contributed by atoms with Crippen LogP contribution in [0.3, 0.4) is 0 Å². The fourth-order valence-electron chi connectivity index (χ4n) is 2.88. The first-order valence-corrected chi connectivity index (χ1v) is 9.72. The molecule has 0 saturated heterocycles. The SMILES string of the molecule is CN=C(NCCc1ccc(OC)c(OC)c1)NCc1cccc(COCC(F)(F)F)c1.I. The Balaban J connectivity index is 0.00000512. The molecule has 0 amide bonds. The van der Waals surface area contributed by atoms with Crippen LogP contribution in [0.2, 0.25) is 0 Å². The first kappa shape index (κ1) is 27.8. The van der Waals surface area contributed by atoms with E-state index in [9.17, 15) is 13.2 Å². The number of ether oxygens (including phenoxy) is 3. The highest BCUT2D eigenvalue weighted by Gasteiger charge is 2.27. The predicted octanol–water partition coefficient (Wildman–Crippen LogP) is 4.31. The number of benzene rings is 2. The number of methoxy groups -OCH3 is 2. The minimum absolute atomic E-state index is 0. The average Bonchev–Trinajstić information content (AvgIpc) is 2.75. The Morgan fingerprint density at radius 2 is 1.66 bits per heavy atom. The number of nitrogens with one attached hydrogen (secondary N) is 2. The second-order valence-electron chi connectivity index (χ2n) is 6.72. The summed E-state index contributed by atoms with van der Waals surface area (Å²) in [5, 5.41) is 6.43. The van der Waals surface area contributed by atoms with Crippen molar-refractivity contribution in [1.29, 1.82) is 0 Å². The van der Waals surface area contributed by atoms with Crippen LogP contribution in [0.15, 0.2) is 47.5 Å². The smallest absolute Gasteiger partial charge is 0.411 e. The standard InChI is InChI=1S/C22H28F3N3O3.HI/c1-26-21(27-10-9-16-7-8-19(29-2)20(12-16)30-3)28-13-17-5-4-6-18(11-17)14-31-15-22(23,24)25;/h4-8,11-12H,9-10,13-15H2,1-3H3,(H2,26,27,28);1H. The lowest BCUT2D eigenvalue weighted by atomic mass is 10.1. The average molecular weight is 567 g/mol. The Hall–Kier alpha value is -2.21. The summed E-state index contributed by atoms with van der Waals surface area (Å²) >= 11 is 0. The third kappa shape index (κ3) is 9.94. The molecule has 0 saturated carbocycles. The molecule has 0 radical (unpaired) electrons. The summed E-state index contributed by atoms with van der Waals surface area (Å²) < 4.78 is 51.9. The molecule has 0 unspecified atom stereocenters. The lowest BCUT2D eigenvalue weighted by Crippen LogP contribution is -2.37. The summed E-state index contributed by atoms with van der Waals surface area (Å²) in [6, 6.07) is 13.0. The molecule has 0 atom stereocenters. The van der Waals surface area contributed by atoms with Gasteiger partial charge < -0.3 is 24.8 Å². The maximum Gasteiger partial charge on any atom is 0.411 e. The molecule has 0 aliphatic heterocycles. The van der Waals surface area contributed by atoms with E-state index in [1.54, 1.807) is 39.5 Å². The number of guanidine groups is 1. The lowest BCUT2D eigenvalue weighted by molar-refractivity contribution is -0.176. The Morgan fingerprint density at radius 1 is 0.938 bits per heavy atom. The van der Waals surface area contributed by atoms with Gasteiger partial charge in [0, 0.05) is 20.1 Å². The second kappa shape index (κ2) is 14.0. The molecule has 0 aliphatic rings. The summed E-state index contributed by atoms with van der Waals surface area (Å²) in [5.74, 6) is 1.99. The van der Waals surface area contributed by atoms with Gasteiger partial charge in [0.2, 0.25) is 0 Å². The Bertz CT molecular complexity index is 864. The zero-order valence-electron chi connectivity index (χ0n) is 18.3. The Morgan fingerprint density at radius 3 is 2.31 bits per heavy atom. The predicted molar refractivity (Wildman–Crippen MR) is 129 cm³/mol. The number of halogens is 4. The second-order valence-corrected chi connectivity index (χ2v) is 6.72. The van der Waals surface area contributed by atoms with Crippen molar-refractivity contribution in [3.05, 3.63) is 59.2 Å². The molecule has 0 heterocycles. The van der Waals surface area contributed by atoms with Gasteiger partial charge in [0.1, 0.15) is 6.61 Å². The lowest BCUT2D eigenvalue weighted by Gasteiger charge is -2.14. The highest BCUT2D eigenvalue weighted by atomic mass is 127. The summed E-state index contributed by atoms with van der Waals surface area (Å²) in [7, 11) is 4.87. The molecule has 2 rings (SSSR count). The van der Waals surface area contributed by atoms with E-state index in [0.717, 1.165) is 17.5 Å². The summed E-state index contributed by atoms with van der Waals surface area (Å²) in [5.41, 5.74) is 2.68. The van der Waals surface area contributed by atoms with Crippen LogP contribution in [0.4, 0.5) is 13.2 Å². The van der Waals surface area contributed by atoms with Crippen LogP contribution in [0.1, 0.15) is 16.7 Å². The van der Waals surface area contributed by atoms with E-state index in [-0.39, 0.29) is 30.6 Å². The van der Waals surface area contributed by atoms with Crippen LogP contribution < -0.4 is 20.1 Å². The maximum absolute atomic E-state index is 12.2. The third-order valence-electron chi connectivity index (χ3n) is 4.36. The van der Waals surface area contributed by atoms with E-state index in [2.05, 4.69) is 15.6 Å². The van der Waals surface area contributed by atoms with Crippen LogP contribution >= 0.6 is 24.0 Å². The largest absolute Gasteiger partial charge is 0.493 e. The number of nitrogens with zero attached hydrogens (tertiary/aromatic N) is 1. The Labute approximate surface area is 203 Å². The van der Waals surface area contributed by atoms with Crippen LogP contribution in [0, 0.1) is 0 Å². The number of hydrogen-bond acceptors (Lipinski definition) is 4. The van der Waals surface area contributed by atoms with E-state index < -0.39 is 12.8 Å². The van der Waals surface area contributed by atoms with Crippen LogP contribution in [0.5, 0.6) is 11.5 Å². The van der Waals surface area contributed by atoms with Gasteiger partial charge in [-0.15, -0.1) is 24.0 Å². The summed E-state index contributed by atoms with van der Waals surface area (Å²) in [6.45, 7) is -0.221. The number of alkyl halides is 3. The van der Waals surface area contributed by atoms with E-state index in [1.807, 2.05) is 24.3 Å². The zero-order chi connectivity index (χ0) is 22.7. The van der Waals surface area contributed by atoms with Gasteiger partial charge in [-0.25, -0.2) is 0 Å². The zero-order valence-corrected chi connectivity index (χ0v) is 20.6. The van der Waals surface area contributed by atoms with Gasteiger partial charge >= 0.3 is 6.18 Å². The van der Waals surface area contributed by atoms with Crippen molar-refractivity contribution in [1.82, 2.24) is 10.6 Å². The first-order valence-electron chi connectivity index (χ1n) is 9.72. The molecule has 0 spiro atoms. The summed E-state index contributed by atoms with van der Waals surface area (Å²) in [4.78, 5) is 4.19. The van der Waals surface area contributed by atoms with Crippen molar-refractivity contribution < 1.29 is 27.4 Å². The number of rotatable bonds is 10. The van der Waals surface area contributed by atoms with E-state index >= 15 is 0 Å². The van der Waals surface area contributed by atoms with Gasteiger partial charge in [0.15, 0.2) is 17.5 Å². The van der Waals surface area contributed by atoms with Gasteiger partial charge in [-0.2, -0.15) is 13.2 Å². The quantitative estimate of drug-likeness (QED) is 0.255. The topological polar surface area (TPSA) is 64.1 Å². The van der Waals surface area contributed by atoms with Crippen LogP contribution in [-0.2, 0) is 24.3 Å². The van der Waals surface area contributed by atoms with E-state index in [0.29, 0.717) is 36.1 Å². The minimum Gasteiger partial charge on any atom is -0.493 e. The molecule has 32 heavy (non-hydrogen) atoms. The van der Waals surface area contributed by atoms with E-state index in [1.165, 1.54) is 0 Å². The van der Waals surface area contributed by atoms with Crippen molar-refractivity contribution in [3.63, 3.8) is 0 Å².